The highest BCUT2D eigenvalue weighted by Gasteiger charge is 2.27. The van der Waals surface area contributed by atoms with Crippen molar-refractivity contribution < 1.29 is 4.79 Å². The zero-order chi connectivity index (χ0) is 18.8. The number of nitrogens with zero attached hydrogens (tertiary/aromatic N) is 7. The molecule has 0 spiro atoms. The normalized spacial score (nSPS) is 19.0. The molecule has 4 rings (SSSR count). The van der Waals surface area contributed by atoms with Gasteiger partial charge in [-0.05, 0) is 13.0 Å². The quantitative estimate of drug-likeness (QED) is 0.775. The van der Waals surface area contributed by atoms with E-state index in [-0.39, 0.29) is 5.91 Å². The first kappa shape index (κ1) is 18.5. The van der Waals surface area contributed by atoms with Crippen LogP contribution in [0, 0.1) is 0 Å². The number of amides is 1. The topological polar surface area (TPSA) is 70.4 Å². The molecule has 27 heavy (non-hydrogen) atoms. The van der Waals surface area contributed by atoms with Gasteiger partial charge in [-0.3, -0.25) is 14.4 Å². The van der Waals surface area contributed by atoms with Gasteiger partial charge in [-0.2, -0.15) is 16.9 Å². The second-order valence-corrected chi connectivity index (χ2v) is 8.33. The summed E-state index contributed by atoms with van der Waals surface area (Å²) in [4.78, 5) is 29.0. The summed E-state index contributed by atoms with van der Waals surface area (Å²) < 4.78 is 1.73. The van der Waals surface area contributed by atoms with Crippen LogP contribution < -0.4 is 4.90 Å². The molecule has 9 heteroatoms. The molecule has 2 aliphatic heterocycles. The number of anilines is 1. The Labute approximate surface area is 163 Å². The molecule has 8 nitrogen and oxygen atoms in total. The summed E-state index contributed by atoms with van der Waals surface area (Å²) in [7, 11) is 1.86. The van der Waals surface area contributed by atoms with Crippen molar-refractivity contribution in [3.8, 4) is 0 Å². The van der Waals surface area contributed by atoms with Crippen molar-refractivity contribution in [1.29, 1.82) is 0 Å². The lowest BCUT2D eigenvalue weighted by Gasteiger charge is -2.34. The van der Waals surface area contributed by atoms with E-state index in [2.05, 4.69) is 26.8 Å². The van der Waals surface area contributed by atoms with E-state index in [0.717, 1.165) is 80.6 Å². The monoisotopic (exact) mass is 389 g/mol. The second-order valence-electron chi connectivity index (χ2n) is 7.11. The van der Waals surface area contributed by atoms with Crippen LogP contribution in [0.25, 0.3) is 11.0 Å². The fourth-order valence-corrected chi connectivity index (χ4v) is 4.65. The summed E-state index contributed by atoms with van der Waals surface area (Å²) in [5.41, 5.74) is 0.728. The van der Waals surface area contributed by atoms with Gasteiger partial charge in [0.1, 0.15) is 5.82 Å². The predicted molar refractivity (Wildman–Crippen MR) is 108 cm³/mol. The molecule has 0 aromatic carbocycles. The Bertz CT molecular complexity index is 809. The summed E-state index contributed by atoms with van der Waals surface area (Å²) >= 11 is 1.96. The maximum Gasteiger partial charge on any atom is 0.291 e. The third kappa shape index (κ3) is 3.75. The molecule has 2 aromatic heterocycles. The average molecular weight is 390 g/mol. The zero-order valence-electron chi connectivity index (χ0n) is 16.1. The molecule has 146 valence electrons. The number of carbonyl (C=O) groups is 1. The molecule has 0 bridgehead atoms. The van der Waals surface area contributed by atoms with Gasteiger partial charge in [0.05, 0.1) is 11.6 Å². The largest absolute Gasteiger partial charge is 0.354 e. The van der Waals surface area contributed by atoms with Crippen molar-refractivity contribution in [1.82, 2.24) is 29.5 Å². The molecule has 2 aromatic rings. The van der Waals surface area contributed by atoms with Crippen molar-refractivity contribution in [3.05, 3.63) is 12.0 Å². The Morgan fingerprint density at radius 3 is 2.56 bits per heavy atom. The maximum absolute atomic E-state index is 13.1. The van der Waals surface area contributed by atoms with Gasteiger partial charge in [0.2, 0.25) is 5.82 Å². The van der Waals surface area contributed by atoms with Gasteiger partial charge < -0.3 is 9.80 Å². The highest BCUT2D eigenvalue weighted by atomic mass is 32.2. The van der Waals surface area contributed by atoms with E-state index in [0.29, 0.717) is 5.82 Å². The number of aryl methyl sites for hydroxylation is 1. The molecule has 0 atom stereocenters. The van der Waals surface area contributed by atoms with Crippen LogP contribution in [0.15, 0.2) is 6.20 Å². The smallest absolute Gasteiger partial charge is 0.291 e. The lowest BCUT2D eigenvalue weighted by molar-refractivity contribution is 0.0626. The number of carbonyl (C=O) groups excluding carboxylic acids is 1. The van der Waals surface area contributed by atoms with Crippen LogP contribution in [0.4, 0.5) is 5.82 Å². The molecule has 0 unspecified atom stereocenters. The molecule has 0 aliphatic carbocycles. The molecule has 0 N–H and O–H groups in total. The number of hydrogen-bond acceptors (Lipinski definition) is 7. The lowest BCUT2D eigenvalue weighted by atomic mass is 10.2. The molecule has 4 heterocycles. The molecule has 1 amide bonds. The van der Waals surface area contributed by atoms with Gasteiger partial charge in [-0.25, -0.2) is 9.97 Å². The van der Waals surface area contributed by atoms with E-state index in [1.807, 2.05) is 29.9 Å². The van der Waals surface area contributed by atoms with Crippen LogP contribution in [-0.4, -0.2) is 92.8 Å². The molecule has 2 aliphatic rings. The van der Waals surface area contributed by atoms with E-state index in [4.69, 9.17) is 4.98 Å². The molecular weight excluding hydrogens is 362 g/mol. The number of thioether (sulfide) groups is 1. The summed E-state index contributed by atoms with van der Waals surface area (Å²) in [5.74, 6) is 3.23. The minimum atomic E-state index is -0.0677. The first-order valence-corrected chi connectivity index (χ1v) is 10.9. The van der Waals surface area contributed by atoms with Crippen LogP contribution >= 0.6 is 11.8 Å². The number of piperazine rings is 1. The Balaban J connectivity index is 1.61. The predicted octanol–water partition coefficient (Wildman–Crippen LogP) is 1.08. The fraction of sp³-hybridized carbons (Fsp3) is 0.667. The van der Waals surface area contributed by atoms with Gasteiger partial charge in [0.15, 0.2) is 5.65 Å². The molecule has 0 radical (unpaired) electrons. The van der Waals surface area contributed by atoms with Crippen molar-refractivity contribution in [2.45, 2.75) is 13.3 Å². The van der Waals surface area contributed by atoms with Crippen LogP contribution in [0.5, 0.6) is 0 Å². The zero-order valence-corrected chi connectivity index (χ0v) is 16.9. The van der Waals surface area contributed by atoms with Gasteiger partial charge in [0.25, 0.3) is 5.91 Å². The number of fused-ring (bicyclic) bond motifs is 1. The highest BCUT2D eigenvalue weighted by Crippen LogP contribution is 2.26. The Kier molecular flexibility index (Phi) is 5.49. The molecule has 2 saturated heterocycles. The van der Waals surface area contributed by atoms with Crippen molar-refractivity contribution >= 4 is 34.5 Å². The van der Waals surface area contributed by atoms with Crippen LogP contribution in [0.2, 0.25) is 0 Å². The number of hydrogen-bond donors (Lipinski definition) is 0. The average Bonchev–Trinajstić information content (AvgIpc) is 3.09. The summed E-state index contributed by atoms with van der Waals surface area (Å²) in [6, 6.07) is 0. The number of aromatic nitrogens is 4. The Morgan fingerprint density at radius 1 is 1.11 bits per heavy atom. The van der Waals surface area contributed by atoms with Crippen LogP contribution in [-0.2, 0) is 7.05 Å². The van der Waals surface area contributed by atoms with Crippen molar-refractivity contribution in [2.75, 3.05) is 62.2 Å². The van der Waals surface area contributed by atoms with Crippen LogP contribution in [0.3, 0.4) is 0 Å². The Morgan fingerprint density at radius 2 is 1.85 bits per heavy atom. The van der Waals surface area contributed by atoms with Gasteiger partial charge in [-0.15, -0.1) is 0 Å². The lowest BCUT2D eigenvalue weighted by Crippen LogP contribution is -2.49. The third-order valence-corrected chi connectivity index (χ3v) is 6.22. The first-order valence-electron chi connectivity index (χ1n) is 9.71. The highest BCUT2D eigenvalue weighted by molar-refractivity contribution is 7.99. The third-order valence-electron chi connectivity index (χ3n) is 5.27. The van der Waals surface area contributed by atoms with E-state index in [1.54, 1.807) is 4.68 Å². The summed E-state index contributed by atoms with van der Waals surface area (Å²) in [6.45, 7) is 8.48. The molecule has 0 saturated carbocycles. The minimum absolute atomic E-state index is 0.0677. The van der Waals surface area contributed by atoms with E-state index in [9.17, 15) is 4.79 Å². The van der Waals surface area contributed by atoms with Crippen molar-refractivity contribution in [3.63, 3.8) is 0 Å². The fourth-order valence-electron chi connectivity index (χ4n) is 3.75. The second kappa shape index (κ2) is 8.02. The SMILES string of the molecule is CCCN1CCN(C(=O)c2nc(N3CCSCC3)c3cnn(C)c3n2)CC1. The van der Waals surface area contributed by atoms with E-state index < -0.39 is 0 Å². The first-order chi connectivity index (χ1) is 13.2. The summed E-state index contributed by atoms with van der Waals surface area (Å²) in [5, 5.41) is 5.27. The van der Waals surface area contributed by atoms with Crippen LogP contribution in [0.1, 0.15) is 24.0 Å². The summed E-state index contributed by atoms with van der Waals surface area (Å²) in [6.07, 6.45) is 2.95. The molecular formula is C18H27N7OS. The van der Waals surface area contributed by atoms with Gasteiger partial charge >= 0.3 is 0 Å². The van der Waals surface area contributed by atoms with E-state index >= 15 is 0 Å². The Hall–Kier alpha value is -1.87. The maximum atomic E-state index is 13.1. The van der Waals surface area contributed by atoms with E-state index in [1.165, 1.54) is 0 Å². The van der Waals surface area contributed by atoms with Crippen molar-refractivity contribution in [2.24, 2.45) is 7.05 Å². The van der Waals surface area contributed by atoms with Gasteiger partial charge in [0, 0.05) is 57.8 Å². The minimum Gasteiger partial charge on any atom is -0.354 e. The number of rotatable bonds is 4. The standard InChI is InChI=1S/C18H27N7OS/c1-3-4-23-5-7-25(8-6-23)18(26)15-20-16-14(13-19-22(16)2)17(21-15)24-9-11-27-12-10-24/h13H,3-12H2,1-2H3. The molecule has 2 fully saturated rings. The van der Waals surface area contributed by atoms with Gasteiger partial charge in [-0.1, -0.05) is 6.92 Å².